The van der Waals surface area contributed by atoms with Crippen LogP contribution >= 0.6 is 0 Å². The van der Waals surface area contributed by atoms with Crippen LogP contribution in [0.5, 0.6) is 0 Å². The lowest BCUT2D eigenvalue weighted by Crippen LogP contribution is -2.04. The molecule has 0 radical (unpaired) electrons. The number of nitro groups is 1. The summed E-state index contributed by atoms with van der Waals surface area (Å²) in [7, 11) is 0. The molecule has 0 unspecified atom stereocenters. The molecule has 0 amide bonds. The first-order valence-electron chi connectivity index (χ1n) is 4.96. The van der Waals surface area contributed by atoms with E-state index in [9.17, 15) is 14.9 Å². The lowest BCUT2D eigenvalue weighted by atomic mass is 10.0. The first kappa shape index (κ1) is 13.4. The first-order valence-corrected chi connectivity index (χ1v) is 4.96. The molecule has 18 heavy (non-hydrogen) atoms. The van der Waals surface area contributed by atoms with E-state index >= 15 is 0 Å². The fourth-order valence-electron chi connectivity index (χ4n) is 1.41. The molecule has 0 bridgehead atoms. The number of nitro benzene ring substituents is 1. The number of nitriles is 1. The van der Waals surface area contributed by atoms with Gasteiger partial charge in [-0.05, 0) is 12.1 Å². The summed E-state index contributed by atoms with van der Waals surface area (Å²) in [4.78, 5) is 21.1. The molecule has 6 nitrogen and oxygen atoms in total. The molecule has 0 atom stereocenters. The third kappa shape index (κ3) is 2.92. The molecular weight excluding hydrogens is 236 g/mol. The van der Waals surface area contributed by atoms with Gasteiger partial charge in [-0.1, -0.05) is 12.6 Å². The average molecular weight is 246 g/mol. The Hall–Kier alpha value is -2.68. The van der Waals surface area contributed by atoms with Crippen molar-refractivity contribution in [1.29, 1.82) is 5.26 Å². The quantitative estimate of drug-likeness (QED) is 0.351. The lowest BCUT2D eigenvalue weighted by molar-refractivity contribution is -0.386. The number of benzene rings is 1. The number of para-hydroxylation sites is 1. The molecule has 0 saturated carbocycles. The molecule has 1 aromatic rings. The van der Waals surface area contributed by atoms with E-state index in [0.717, 1.165) is 0 Å². The third-order valence-electron chi connectivity index (χ3n) is 2.19. The molecular formula is C12H10N2O4. The third-order valence-corrected chi connectivity index (χ3v) is 2.19. The minimum Gasteiger partial charge on any atom is -0.461 e. The van der Waals surface area contributed by atoms with Gasteiger partial charge < -0.3 is 4.74 Å². The van der Waals surface area contributed by atoms with Crippen LogP contribution in [-0.4, -0.2) is 10.9 Å². The highest BCUT2D eigenvalue weighted by atomic mass is 16.6. The minimum absolute atomic E-state index is 0.00799. The second-order valence-corrected chi connectivity index (χ2v) is 3.44. The van der Waals surface area contributed by atoms with Gasteiger partial charge in [0.15, 0.2) is 0 Å². The van der Waals surface area contributed by atoms with E-state index in [0.29, 0.717) is 0 Å². The summed E-state index contributed by atoms with van der Waals surface area (Å²) in [5.74, 6) is -0.534. The van der Waals surface area contributed by atoms with Gasteiger partial charge in [-0.2, -0.15) is 5.26 Å². The van der Waals surface area contributed by atoms with Gasteiger partial charge in [0, 0.05) is 6.92 Å². The Bertz CT molecular complexity index is 558. The highest BCUT2D eigenvalue weighted by molar-refractivity contribution is 5.81. The normalized spacial score (nSPS) is 9.33. The van der Waals surface area contributed by atoms with Crippen molar-refractivity contribution in [2.24, 2.45) is 0 Å². The highest BCUT2D eigenvalue weighted by Crippen LogP contribution is 2.29. The molecule has 0 fully saturated rings. The molecule has 1 rings (SSSR count). The number of esters is 1. The zero-order valence-electron chi connectivity index (χ0n) is 9.67. The van der Waals surface area contributed by atoms with Crippen LogP contribution in [0.1, 0.15) is 18.1 Å². The molecule has 0 aromatic heterocycles. The molecule has 0 saturated heterocycles. The van der Waals surface area contributed by atoms with E-state index in [-0.39, 0.29) is 29.0 Å². The maximum atomic E-state index is 11.0. The number of ether oxygens (including phenoxy) is 1. The topological polar surface area (TPSA) is 93.2 Å². The lowest BCUT2D eigenvalue weighted by Gasteiger charge is -2.06. The van der Waals surface area contributed by atoms with E-state index in [1.165, 1.54) is 19.1 Å². The highest BCUT2D eigenvalue weighted by Gasteiger charge is 2.21. The zero-order chi connectivity index (χ0) is 13.7. The van der Waals surface area contributed by atoms with Crippen molar-refractivity contribution >= 4 is 17.2 Å². The average Bonchev–Trinajstić information content (AvgIpc) is 2.34. The van der Waals surface area contributed by atoms with Gasteiger partial charge in [0.1, 0.15) is 6.61 Å². The first-order chi connectivity index (χ1) is 8.47. The maximum absolute atomic E-state index is 11.0. The predicted molar refractivity (Wildman–Crippen MR) is 63.2 cm³/mol. The monoisotopic (exact) mass is 246 g/mol. The molecule has 0 heterocycles. The summed E-state index contributed by atoms with van der Waals surface area (Å²) in [6, 6.07) is 6.21. The molecule has 0 aliphatic rings. The van der Waals surface area contributed by atoms with Crippen LogP contribution in [0.25, 0.3) is 5.57 Å². The number of hydrogen-bond acceptors (Lipinski definition) is 5. The van der Waals surface area contributed by atoms with Crippen LogP contribution in [0, 0.1) is 21.4 Å². The van der Waals surface area contributed by atoms with E-state index in [2.05, 4.69) is 6.58 Å². The molecule has 1 aromatic carbocycles. The van der Waals surface area contributed by atoms with Crippen molar-refractivity contribution in [3.63, 3.8) is 0 Å². The Morgan fingerprint density at radius 2 is 2.28 bits per heavy atom. The number of carbonyl (C=O) groups excluding carboxylic acids is 1. The van der Waals surface area contributed by atoms with Gasteiger partial charge in [-0.25, -0.2) is 0 Å². The van der Waals surface area contributed by atoms with Crippen molar-refractivity contribution in [3.8, 4) is 6.07 Å². The fraction of sp³-hybridized carbons (Fsp3) is 0.167. The minimum atomic E-state index is -0.614. The van der Waals surface area contributed by atoms with E-state index in [1.54, 1.807) is 12.1 Å². The van der Waals surface area contributed by atoms with Gasteiger partial charge in [-0.3, -0.25) is 14.9 Å². The Labute approximate surface area is 103 Å². The van der Waals surface area contributed by atoms with Gasteiger partial charge in [-0.15, -0.1) is 0 Å². The summed E-state index contributed by atoms with van der Waals surface area (Å²) in [6.07, 6.45) is 0. The molecule has 0 aliphatic carbocycles. The van der Waals surface area contributed by atoms with E-state index < -0.39 is 10.9 Å². The Kier molecular flexibility index (Phi) is 4.16. The van der Waals surface area contributed by atoms with Crippen LogP contribution in [-0.2, 0) is 16.1 Å². The molecule has 6 heteroatoms. The molecule has 92 valence electrons. The maximum Gasteiger partial charge on any atom is 0.302 e. The Morgan fingerprint density at radius 1 is 1.61 bits per heavy atom. The number of hydrogen-bond donors (Lipinski definition) is 0. The van der Waals surface area contributed by atoms with Crippen LogP contribution in [0.3, 0.4) is 0 Å². The Morgan fingerprint density at radius 3 is 2.78 bits per heavy atom. The van der Waals surface area contributed by atoms with E-state index in [4.69, 9.17) is 10.00 Å². The number of allylic oxidation sites excluding steroid dienone is 1. The van der Waals surface area contributed by atoms with Gasteiger partial charge in [0.25, 0.3) is 5.69 Å². The summed E-state index contributed by atoms with van der Waals surface area (Å²) in [5.41, 5.74) is 0.0907. The van der Waals surface area contributed by atoms with E-state index in [1.807, 2.05) is 0 Å². The van der Waals surface area contributed by atoms with Crippen molar-refractivity contribution in [1.82, 2.24) is 0 Å². The SMILES string of the molecule is C=C(C#N)c1cccc(COC(C)=O)c1[N+](=O)[O-]. The number of rotatable bonds is 4. The second kappa shape index (κ2) is 5.59. The van der Waals surface area contributed by atoms with Crippen LogP contribution < -0.4 is 0 Å². The smallest absolute Gasteiger partial charge is 0.302 e. The van der Waals surface area contributed by atoms with Crippen molar-refractivity contribution in [3.05, 3.63) is 46.0 Å². The fourth-order valence-corrected chi connectivity index (χ4v) is 1.41. The number of carbonyl (C=O) groups is 1. The van der Waals surface area contributed by atoms with Crippen LogP contribution in [0.4, 0.5) is 5.69 Å². The summed E-state index contributed by atoms with van der Waals surface area (Å²) in [6.45, 7) is 4.45. The van der Waals surface area contributed by atoms with Crippen molar-refractivity contribution in [2.45, 2.75) is 13.5 Å². The largest absolute Gasteiger partial charge is 0.461 e. The zero-order valence-corrected chi connectivity index (χ0v) is 9.67. The molecule has 0 spiro atoms. The van der Waals surface area contributed by atoms with Gasteiger partial charge in [0.05, 0.1) is 27.7 Å². The second-order valence-electron chi connectivity index (χ2n) is 3.44. The van der Waals surface area contributed by atoms with Crippen molar-refractivity contribution < 1.29 is 14.5 Å². The van der Waals surface area contributed by atoms with Crippen LogP contribution in [0.15, 0.2) is 24.8 Å². The summed E-state index contributed by atoms with van der Waals surface area (Å²) < 4.78 is 4.73. The molecule has 0 aliphatic heterocycles. The molecule has 0 N–H and O–H groups in total. The van der Waals surface area contributed by atoms with Crippen LogP contribution in [0.2, 0.25) is 0 Å². The van der Waals surface area contributed by atoms with Crippen molar-refractivity contribution in [2.75, 3.05) is 0 Å². The number of nitrogens with zero attached hydrogens (tertiary/aromatic N) is 2. The predicted octanol–water partition coefficient (Wildman–Crippen LogP) is 2.19. The van der Waals surface area contributed by atoms with Gasteiger partial charge >= 0.3 is 5.97 Å². The standard InChI is InChI=1S/C12H10N2O4/c1-8(6-13)11-5-3-4-10(7-18-9(2)15)12(11)14(16)17/h3-5H,1,7H2,2H3. The van der Waals surface area contributed by atoms with Gasteiger partial charge in [0.2, 0.25) is 0 Å². The summed E-state index contributed by atoms with van der Waals surface area (Å²) in [5, 5.41) is 19.8. The summed E-state index contributed by atoms with van der Waals surface area (Å²) >= 11 is 0. The Balaban J connectivity index is 3.27.